The first-order valence-electron chi connectivity index (χ1n) is 13.4. The number of hydrogen-bond donors (Lipinski definition) is 2. The molecule has 2 fully saturated rings. The number of amides is 2. The summed E-state index contributed by atoms with van der Waals surface area (Å²) >= 11 is 0. The predicted octanol–water partition coefficient (Wildman–Crippen LogP) is 4.78. The Morgan fingerprint density at radius 2 is 1.92 bits per heavy atom. The van der Waals surface area contributed by atoms with Crippen LogP contribution < -0.4 is 11.1 Å². The minimum absolute atomic E-state index is 0.0357. The van der Waals surface area contributed by atoms with Gasteiger partial charge in [-0.2, -0.15) is 0 Å². The highest BCUT2D eigenvalue weighted by Crippen LogP contribution is 2.51. The van der Waals surface area contributed by atoms with Crippen molar-refractivity contribution in [3.05, 3.63) is 54.4 Å². The molecule has 0 radical (unpaired) electrons. The monoisotopic (exact) mass is 510 g/mol. The van der Waals surface area contributed by atoms with Gasteiger partial charge in [0, 0.05) is 42.4 Å². The molecule has 1 saturated carbocycles. The van der Waals surface area contributed by atoms with Crippen molar-refractivity contribution >= 4 is 39.9 Å². The quantitative estimate of drug-likeness (QED) is 0.481. The van der Waals surface area contributed by atoms with Gasteiger partial charge in [-0.25, -0.2) is 9.97 Å². The molecule has 2 aliphatic carbocycles. The fraction of sp³-hybridized carbons (Fsp3) is 0.400. The van der Waals surface area contributed by atoms with E-state index < -0.39 is 0 Å². The summed E-state index contributed by atoms with van der Waals surface area (Å²) in [7, 11) is 1.99. The lowest BCUT2D eigenvalue weighted by atomic mass is 9.84. The molecular weight excluding hydrogens is 476 g/mol. The first-order valence-corrected chi connectivity index (χ1v) is 13.4. The standard InChI is InChI=1S/C30H34N6O2/c1-16(2)29(37)34-21-11-9-19(10-12-21)26-23(24-27(31)32-15-33-28(24)35(26)4)18-5-7-20(8-6-18)30(38)36-14-13-22-17(3)25(22)36/h5,9-12,15,17,20,22,25H,1,6-8,13-14H2,2-4H3,(H,34,37)(H2,31,32,33)/t17?,20-,22?,25?/m1/s1. The number of fused-ring (bicyclic) bond motifs is 2. The third kappa shape index (κ3) is 3.90. The zero-order valence-electron chi connectivity index (χ0n) is 22.2. The molecule has 2 amide bonds. The van der Waals surface area contributed by atoms with Crippen LogP contribution in [0.5, 0.6) is 0 Å². The van der Waals surface area contributed by atoms with Crippen LogP contribution in [0.3, 0.4) is 0 Å². The second kappa shape index (κ2) is 9.11. The number of nitrogens with zero attached hydrogens (tertiary/aromatic N) is 4. The van der Waals surface area contributed by atoms with Crippen LogP contribution in [0, 0.1) is 17.8 Å². The summed E-state index contributed by atoms with van der Waals surface area (Å²) in [6.07, 6.45) is 7.21. The lowest BCUT2D eigenvalue weighted by Gasteiger charge is -2.28. The van der Waals surface area contributed by atoms with Crippen molar-refractivity contribution < 1.29 is 9.59 Å². The van der Waals surface area contributed by atoms with Gasteiger partial charge in [0.15, 0.2) is 0 Å². The molecule has 3 unspecified atom stereocenters. The van der Waals surface area contributed by atoms with Crippen LogP contribution in [0.1, 0.15) is 45.1 Å². The van der Waals surface area contributed by atoms with Gasteiger partial charge in [-0.05, 0) is 67.7 Å². The molecule has 4 atom stereocenters. The van der Waals surface area contributed by atoms with Crippen molar-refractivity contribution in [2.75, 3.05) is 17.6 Å². The Kier molecular flexibility index (Phi) is 5.85. The van der Waals surface area contributed by atoms with E-state index in [0.29, 0.717) is 34.9 Å². The maximum atomic E-state index is 13.4. The lowest BCUT2D eigenvalue weighted by Crippen LogP contribution is -2.37. The Morgan fingerprint density at radius 3 is 2.55 bits per heavy atom. The highest BCUT2D eigenvalue weighted by atomic mass is 16.2. The molecule has 6 rings (SSSR count). The Bertz CT molecular complexity index is 1500. The number of benzene rings is 1. The summed E-state index contributed by atoms with van der Waals surface area (Å²) in [5.74, 6) is 1.98. The molecule has 8 nitrogen and oxygen atoms in total. The van der Waals surface area contributed by atoms with E-state index in [1.165, 1.54) is 11.9 Å². The number of rotatable bonds is 5. The molecule has 1 aliphatic heterocycles. The van der Waals surface area contributed by atoms with E-state index in [9.17, 15) is 9.59 Å². The van der Waals surface area contributed by atoms with E-state index in [4.69, 9.17) is 5.73 Å². The van der Waals surface area contributed by atoms with Crippen molar-refractivity contribution in [2.45, 2.75) is 45.6 Å². The minimum Gasteiger partial charge on any atom is -0.383 e. The van der Waals surface area contributed by atoms with E-state index in [-0.39, 0.29) is 11.8 Å². The van der Waals surface area contributed by atoms with Gasteiger partial charge >= 0.3 is 0 Å². The number of nitrogen functional groups attached to an aromatic ring is 1. The smallest absolute Gasteiger partial charge is 0.250 e. The molecule has 38 heavy (non-hydrogen) atoms. The van der Waals surface area contributed by atoms with Crippen LogP contribution in [-0.2, 0) is 16.6 Å². The Balaban J connectivity index is 1.34. The number of anilines is 2. The van der Waals surface area contributed by atoms with Crippen molar-refractivity contribution in [2.24, 2.45) is 24.8 Å². The predicted molar refractivity (Wildman–Crippen MR) is 150 cm³/mol. The van der Waals surface area contributed by atoms with Gasteiger partial charge in [0.05, 0.1) is 11.1 Å². The van der Waals surface area contributed by atoms with Gasteiger partial charge in [0.1, 0.15) is 17.8 Å². The first kappa shape index (κ1) is 24.4. The van der Waals surface area contributed by atoms with Crippen molar-refractivity contribution in [3.63, 3.8) is 0 Å². The van der Waals surface area contributed by atoms with E-state index >= 15 is 0 Å². The van der Waals surface area contributed by atoms with Crippen LogP contribution in [0.15, 0.2) is 48.8 Å². The Labute approximate surface area is 222 Å². The number of carbonyl (C=O) groups excluding carboxylic acids is 2. The number of allylic oxidation sites excluding steroid dienone is 2. The maximum absolute atomic E-state index is 13.4. The summed E-state index contributed by atoms with van der Waals surface area (Å²) < 4.78 is 2.06. The third-order valence-electron chi connectivity index (χ3n) is 8.74. The molecule has 3 N–H and O–H groups in total. The fourth-order valence-electron chi connectivity index (χ4n) is 6.56. The summed E-state index contributed by atoms with van der Waals surface area (Å²) in [6.45, 7) is 8.56. The molecule has 196 valence electrons. The zero-order chi connectivity index (χ0) is 26.7. The molecule has 2 aromatic heterocycles. The second-order valence-corrected chi connectivity index (χ2v) is 11.1. The molecular formula is C30H34N6O2. The minimum atomic E-state index is -0.205. The lowest BCUT2D eigenvalue weighted by molar-refractivity contribution is -0.135. The topological polar surface area (TPSA) is 106 Å². The van der Waals surface area contributed by atoms with Gasteiger partial charge in [-0.1, -0.05) is 31.7 Å². The van der Waals surface area contributed by atoms with E-state index in [2.05, 4.69) is 44.3 Å². The van der Waals surface area contributed by atoms with E-state index in [0.717, 1.165) is 66.0 Å². The molecule has 3 aromatic rings. The summed E-state index contributed by atoms with van der Waals surface area (Å²) in [5, 5.41) is 3.70. The number of aromatic nitrogens is 3. The number of aryl methyl sites for hydroxylation is 1. The van der Waals surface area contributed by atoms with Crippen molar-refractivity contribution in [1.29, 1.82) is 0 Å². The van der Waals surface area contributed by atoms with E-state index in [1.54, 1.807) is 6.92 Å². The molecule has 3 aliphatic rings. The SMILES string of the molecule is C=C(C)C(=O)Nc1ccc(-c2c(C3=CC[C@@H](C(=O)N4CCC5C(C)C54)CC3)c3c(N)ncnc3n2C)cc1. The molecule has 3 heterocycles. The van der Waals surface area contributed by atoms with Gasteiger partial charge in [-0.3, -0.25) is 9.59 Å². The molecule has 0 spiro atoms. The first-order chi connectivity index (χ1) is 18.3. The van der Waals surface area contributed by atoms with Crippen LogP contribution in [-0.4, -0.2) is 43.8 Å². The third-order valence-corrected chi connectivity index (χ3v) is 8.74. The van der Waals surface area contributed by atoms with Crippen molar-refractivity contribution in [3.8, 4) is 11.3 Å². The average Bonchev–Trinajstić information content (AvgIpc) is 3.23. The molecule has 0 bridgehead atoms. The number of nitrogens with two attached hydrogens (primary N) is 1. The molecule has 8 heteroatoms. The van der Waals surface area contributed by atoms with E-state index in [1.807, 2.05) is 31.3 Å². The number of nitrogens with one attached hydrogen (secondary N) is 1. The van der Waals surface area contributed by atoms with Gasteiger partial charge in [0.2, 0.25) is 5.91 Å². The van der Waals surface area contributed by atoms with Crippen LogP contribution in [0.4, 0.5) is 11.5 Å². The second-order valence-electron chi connectivity index (χ2n) is 11.1. The highest BCUT2D eigenvalue weighted by Gasteiger charge is 2.56. The highest BCUT2D eigenvalue weighted by molar-refractivity contribution is 6.05. The largest absolute Gasteiger partial charge is 0.383 e. The number of piperidine rings is 1. The summed E-state index contributed by atoms with van der Waals surface area (Å²) in [4.78, 5) is 36.4. The average molecular weight is 511 g/mol. The van der Waals surface area contributed by atoms with Gasteiger partial charge in [0.25, 0.3) is 5.91 Å². The zero-order valence-corrected chi connectivity index (χ0v) is 22.2. The molecule has 1 saturated heterocycles. The van der Waals surface area contributed by atoms with Crippen LogP contribution in [0.2, 0.25) is 0 Å². The summed E-state index contributed by atoms with van der Waals surface area (Å²) in [6, 6.07) is 8.23. The Hall–Kier alpha value is -3.94. The van der Waals surface area contributed by atoms with Gasteiger partial charge in [-0.15, -0.1) is 0 Å². The van der Waals surface area contributed by atoms with Gasteiger partial charge < -0.3 is 20.5 Å². The normalized spacial score (nSPS) is 24.2. The van der Waals surface area contributed by atoms with Crippen molar-refractivity contribution in [1.82, 2.24) is 19.4 Å². The molecule has 1 aromatic carbocycles. The Morgan fingerprint density at radius 1 is 1.16 bits per heavy atom. The number of likely N-dealkylation sites (tertiary alicyclic amines) is 1. The number of carbonyl (C=O) groups is 2. The van der Waals surface area contributed by atoms with Crippen LogP contribution in [0.25, 0.3) is 27.9 Å². The summed E-state index contributed by atoms with van der Waals surface area (Å²) in [5.41, 5.74) is 12.5. The number of hydrogen-bond acceptors (Lipinski definition) is 5. The maximum Gasteiger partial charge on any atom is 0.250 e. The fourth-order valence-corrected chi connectivity index (χ4v) is 6.56. The van der Waals surface area contributed by atoms with Crippen LogP contribution >= 0.6 is 0 Å².